The maximum absolute atomic E-state index is 14.0. The average Bonchev–Trinajstić information content (AvgIpc) is 3.84. The molecule has 5 aliphatic rings. The molecule has 1 aliphatic carbocycles. The Morgan fingerprint density at radius 1 is 0.983 bits per heavy atom. The summed E-state index contributed by atoms with van der Waals surface area (Å²) in [5.74, 6) is 3.51. The summed E-state index contributed by atoms with van der Waals surface area (Å²) in [6, 6.07) is 20.8. The van der Waals surface area contributed by atoms with Crippen LogP contribution in [-0.4, -0.2) is 73.8 Å². The number of piperazine rings is 1. The zero-order valence-electron chi connectivity index (χ0n) is 34.0. The summed E-state index contributed by atoms with van der Waals surface area (Å²) >= 11 is 1.63. The molecule has 2 bridgehead atoms. The molecule has 0 amide bonds. The summed E-state index contributed by atoms with van der Waals surface area (Å²) in [4.78, 5) is 18.7. The van der Waals surface area contributed by atoms with Gasteiger partial charge in [0.15, 0.2) is 11.5 Å². The molecule has 9 rings (SSSR count). The van der Waals surface area contributed by atoms with E-state index in [4.69, 9.17) is 23.7 Å². The Morgan fingerprint density at radius 2 is 1.69 bits per heavy atom. The summed E-state index contributed by atoms with van der Waals surface area (Å²) in [5, 5.41) is 13.0. The van der Waals surface area contributed by atoms with Gasteiger partial charge in [-0.15, -0.1) is 11.8 Å². The highest BCUT2D eigenvalue weighted by Gasteiger charge is 2.56. The molecule has 4 aliphatic heterocycles. The number of carbonyl (C=O) groups excluding carboxylic acids is 1. The number of aryl methyl sites for hydroxylation is 1. The molecule has 4 heterocycles. The number of nitriles is 1. The van der Waals surface area contributed by atoms with Crippen molar-refractivity contribution in [1.82, 2.24) is 9.80 Å². The number of ether oxygens (including phenoxy) is 5. The van der Waals surface area contributed by atoms with Gasteiger partial charge in [0.2, 0.25) is 6.79 Å². The molecule has 5 atom stereocenters. The Morgan fingerprint density at radius 3 is 2.38 bits per heavy atom. The largest absolute Gasteiger partial charge is 0.496 e. The molecular weight excluding hydrogens is 747 g/mol. The number of likely N-dealkylation sites (N-methyl/N-ethyl adjacent to an activating group) is 1. The highest BCUT2D eigenvalue weighted by molar-refractivity contribution is 8.02. The Balaban J connectivity index is 1.07. The predicted molar refractivity (Wildman–Crippen MR) is 226 cm³/mol. The molecule has 10 heteroatoms. The first kappa shape index (κ1) is 38.3. The third kappa shape index (κ3) is 5.92. The van der Waals surface area contributed by atoms with Gasteiger partial charge in [0.05, 0.1) is 25.3 Å². The minimum absolute atomic E-state index is 0.0196. The van der Waals surface area contributed by atoms with E-state index in [2.05, 4.69) is 97.9 Å². The lowest BCUT2D eigenvalue weighted by molar-refractivity contribution is -0.144. The summed E-state index contributed by atoms with van der Waals surface area (Å²) in [7, 11) is 3.87. The molecule has 9 nitrogen and oxygen atoms in total. The molecule has 58 heavy (non-hydrogen) atoms. The third-order valence-electron chi connectivity index (χ3n) is 13.1. The molecule has 4 aromatic rings. The lowest BCUT2D eigenvalue weighted by atomic mass is 9.71. The maximum Gasteiger partial charge on any atom is 0.334 e. The number of methoxy groups -OCH3 is 1. The topological polar surface area (TPSA) is 93.5 Å². The van der Waals surface area contributed by atoms with Gasteiger partial charge >= 0.3 is 5.97 Å². The Bertz CT molecular complexity index is 2370. The van der Waals surface area contributed by atoms with Gasteiger partial charge in [-0.1, -0.05) is 67.3 Å². The molecule has 1 saturated heterocycles. The molecule has 298 valence electrons. The summed E-state index contributed by atoms with van der Waals surface area (Å²) < 4.78 is 31.1. The Kier molecular flexibility index (Phi) is 10.0. The van der Waals surface area contributed by atoms with E-state index >= 15 is 0 Å². The molecule has 1 fully saturated rings. The molecular formula is C48H49N3O6S. The minimum Gasteiger partial charge on any atom is -0.496 e. The van der Waals surface area contributed by atoms with Crippen LogP contribution in [0.15, 0.2) is 78.2 Å². The molecule has 0 saturated carbocycles. The summed E-state index contributed by atoms with van der Waals surface area (Å²) in [5.41, 5.74) is 13.1. The van der Waals surface area contributed by atoms with Gasteiger partial charge in [0.1, 0.15) is 30.8 Å². The summed E-state index contributed by atoms with van der Waals surface area (Å²) in [6.07, 6.45) is 3.03. The van der Waals surface area contributed by atoms with Crippen molar-refractivity contribution < 1.29 is 28.5 Å². The van der Waals surface area contributed by atoms with E-state index in [9.17, 15) is 10.1 Å². The van der Waals surface area contributed by atoms with E-state index < -0.39 is 18.1 Å². The zero-order chi connectivity index (χ0) is 40.4. The van der Waals surface area contributed by atoms with Gasteiger partial charge in [-0.25, -0.2) is 4.79 Å². The van der Waals surface area contributed by atoms with E-state index in [0.29, 0.717) is 36.5 Å². The van der Waals surface area contributed by atoms with Crippen LogP contribution in [-0.2, 0) is 22.4 Å². The number of benzene rings is 4. The number of esters is 1. The number of fused-ring (bicyclic) bond motifs is 12. The summed E-state index contributed by atoms with van der Waals surface area (Å²) in [6.45, 7) is 12.4. The monoisotopic (exact) mass is 795 g/mol. The molecule has 0 spiro atoms. The second kappa shape index (κ2) is 15.2. The smallest absolute Gasteiger partial charge is 0.334 e. The van der Waals surface area contributed by atoms with E-state index in [1.807, 2.05) is 19.3 Å². The highest BCUT2D eigenvalue weighted by Crippen LogP contribution is 2.58. The molecule has 1 unspecified atom stereocenters. The quantitative estimate of drug-likeness (QED) is 0.0882. The third-order valence-corrected chi connectivity index (χ3v) is 14.1. The van der Waals surface area contributed by atoms with Crippen LogP contribution in [0, 0.1) is 32.1 Å². The molecule has 0 aromatic heterocycles. The Labute approximate surface area is 345 Å². The fourth-order valence-electron chi connectivity index (χ4n) is 10.7. The normalized spacial score (nSPS) is 22.8. The first-order valence-corrected chi connectivity index (χ1v) is 21.1. The standard InChI is InChI=1S/C48H49N3O6S/c1-8-17-54-45-29(5)46-47(57-25-56-46)42-35(45)20-38-43-41-28(4)44(53-7)26(2)18-30(41)19-37(50(43)6)39(21-49)51(38)40(42)22-55-48(52)27(3)23-58-24-36-33-15-11-9-13-31(33)32-14-10-12-16-34(32)36/h8-16,18,23,36-40,43H,1,17,19-20,22,24-25H2,2-7H3/b27-23+/t37-,38?,39-,40-,43-/m0/s1. The lowest BCUT2D eigenvalue weighted by Crippen LogP contribution is -2.68. The van der Waals surface area contributed by atoms with Gasteiger partial charge in [-0.05, 0) is 97.5 Å². The predicted octanol–water partition coefficient (Wildman–Crippen LogP) is 8.68. The fourth-order valence-corrected chi connectivity index (χ4v) is 11.7. The van der Waals surface area contributed by atoms with E-state index in [-0.39, 0.29) is 37.4 Å². The van der Waals surface area contributed by atoms with Crippen LogP contribution < -0.4 is 18.9 Å². The number of hydrogen-bond donors (Lipinski definition) is 0. The van der Waals surface area contributed by atoms with Crippen LogP contribution >= 0.6 is 11.8 Å². The van der Waals surface area contributed by atoms with Crippen molar-refractivity contribution in [2.75, 3.05) is 39.9 Å². The number of nitrogens with zero attached hydrogens (tertiary/aromatic N) is 3. The van der Waals surface area contributed by atoms with E-state index in [0.717, 1.165) is 45.1 Å². The second-order valence-electron chi connectivity index (χ2n) is 16.1. The SMILES string of the molecule is C=CCOc1c(C)c2c(c3c1CC1[C@H]4c5c(cc(C)c(OC)c5C)C[C@@H]([C@H](C#N)N1[C@H]3COC(=O)/C(C)=C/SCC1c3ccccc3-c3ccccc31)N4C)OCO2. The zero-order valence-corrected chi connectivity index (χ0v) is 34.8. The van der Waals surface area contributed by atoms with Gasteiger partial charge in [0.25, 0.3) is 0 Å². The van der Waals surface area contributed by atoms with Gasteiger partial charge < -0.3 is 23.7 Å². The van der Waals surface area contributed by atoms with E-state index in [1.165, 1.54) is 33.4 Å². The van der Waals surface area contributed by atoms with Gasteiger partial charge in [-0.2, -0.15) is 5.26 Å². The Hall–Kier alpha value is -5.21. The van der Waals surface area contributed by atoms with Crippen LogP contribution in [0.3, 0.4) is 0 Å². The van der Waals surface area contributed by atoms with Crippen LogP contribution in [0.4, 0.5) is 0 Å². The van der Waals surface area contributed by atoms with Crippen molar-refractivity contribution in [3.8, 4) is 40.2 Å². The van der Waals surface area contributed by atoms with Gasteiger partial charge in [-0.3, -0.25) is 9.80 Å². The number of hydrogen-bond acceptors (Lipinski definition) is 10. The average molecular weight is 796 g/mol. The van der Waals surface area contributed by atoms with Crippen molar-refractivity contribution in [2.24, 2.45) is 0 Å². The van der Waals surface area contributed by atoms with Crippen LogP contribution in [0.2, 0.25) is 0 Å². The van der Waals surface area contributed by atoms with Crippen molar-refractivity contribution in [3.05, 3.63) is 128 Å². The maximum atomic E-state index is 14.0. The van der Waals surface area contributed by atoms with Crippen LogP contribution in [0.5, 0.6) is 23.0 Å². The lowest BCUT2D eigenvalue weighted by Gasteiger charge is -2.60. The number of carbonyl (C=O) groups is 1. The van der Waals surface area contributed by atoms with E-state index in [1.54, 1.807) is 24.9 Å². The highest BCUT2D eigenvalue weighted by atomic mass is 32.2. The number of thioether (sulfide) groups is 1. The molecule has 0 N–H and O–H groups in total. The molecule has 0 radical (unpaired) electrons. The van der Waals surface area contributed by atoms with Gasteiger partial charge in [0, 0.05) is 46.0 Å². The van der Waals surface area contributed by atoms with Crippen molar-refractivity contribution >= 4 is 17.7 Å². The van der Waals surface area contributed by atoms with Crippen LogP contribution in [0.25, 0.3) is 11.1 Å². The van der Waals surface area contributed by atoms with Crippen LogP contribution in [0.1, 0.15) is 75.0 Å². The second-order valence-corrected chi connectivity index (χ2v) is 17.0. The van der Waals surface area contributed by atoms with Crippen molar-refractivity contribution in [3.63, 3.8) is 0 Å². The van der Waals surface area contributed by atoms with Crippen molar-refractivity contribution in [2.45, 2.75) is 76.7 Å². The minimum atomic E-state index is -0.510. The molecule has 4 aromatic carbocycles. The van der Waals surface area contributed by atoms with Crippen molar-refractivity contribution in [1.29, 1.82) is 5.26 Å². The first-order chi connectivity index (χ1) is 28.2. The fraction of sp³-hybridized carbons (Fsp3) is 0.375. The first-order valence-electron chi connectivity index (χ1n) is 20.1. The number of rotatable bonds is 10.